The van der Waals surface area contributed by atoms with Crippen molar-refractivity contribution in [2.24, 2.45) is 0 Å². The number of amides is 1. The fourth-order valence-corrected chi connectivity index (χ4v) is 3.71. The number of benzene rings is 1. The maximum atomic E-state index is 12.5. The monoisotopic (exact) mass is 391 g/mol. The molecule has 6 nitrogen and oxygen atoms in total. The van der Waals surface area contributed by atoms with E-state index in [2.05, 4.69) is 10.1 Å². The minimum atomic E-state index is 0.190. The van der Waals surface area contributed by atoms with Crippen molar-refractivity contribution in [1.82, 2.24) is 15.0 Å². The molecule has 0 atom stereocenters. The molecule has 0 bridgehead atoms. The summed E-state index contributed by atoms with van der Waals surface area (Å²) in [6.07, 6.45) is 1.17. The van der Waals surface area contributed by atoms with E-state index in [-0.39, 0.29) is 5.91 Å². The highest BCUT2D eigenvalue weighted by Gasteiger charge is 2.22. The molecule has 1 saturated heterocycles. The summed E-state index contributed by atoms with van der Waals surface area (Å²) in [5, 5.41) is 4.66. The quantitative estimate of drug-likeness (QED) is 0.756. The number of carbonyl (C=O) groups excluding carboxylic acids is 1. The predicted octanol–water partition coefficient (Wildman–Crippen LogP) is 3.23. The van der Waals surface area contributed by atoms with Gasteiger partial charge in [0, 0.05) is 55.3 Å². The minimum absolute atomic E-state index is 0.190. The van der Waals surface area contributed by atoms with Crippen LogP contribution in [0.1, 0.15) is 29.0 Å². The van der Waals surface area contributed by atoms with Gasteiger partial charge in [-0.15, -0.1) is 0 Å². The maximum Gasteiger partial charge on any atom is 0.222 e. The summed E-state index contributed by atoms with van der Waals surface area (Å²) in [7, 11) is 1.67. The molecule has 1 aliphatic heterocycles. The number of hydrogen-bond acceptors (Lipinski definition) is 5. The van der Waals surface area contributed by atoms with Crippen LogP contribution in [0.15, 0.2) is 22.7 Å². The number of piperazine rings is 1. The van der Waals surface area contributed by atoms with Gasteiger partial charge in [0.15, 0.2) is 0 Å². The van der Waals surface area contributed by atoms with Crippen LogP contribution in [-0.2, 0) is 17.8 Å². The number of aromatic nitrogens is 1. The van der Waals surface area contributed by atoms with Crippen molar-refractivity contribution >= 4 is 17.5 Å². The van der Waals surface area contributed by atoms with Gasteiger partial charge in [0.25, 0.3) is 0 Å². The average Bonchev–Trinajstić information content (AvgIpc) is 2.98. The van der Waals surface area contributed by atoms with Gasteiger partial charge in [0.1, 0.15) is 11.5 Å². The Labute approximate surface area is 165 Å². The lowest BCUT2D eigenvalue weighted by Gasteiger charge is -2.35. The zero-order valence-corrected chi connectivity index (χ0v) is 16.9. The summed E-state index contributed by atoms with van der Waals surface area (Å²) in [6, 6.07) is 5.67. The van der Waals surface area contributed by atoms with Gasteiger partial charge >= 0.3 is 0 Å². The molecule has 1 aliphatic rings. The van der Waals surface area contributed by atoms with Crippen LogP contribution in [0, 0.1) is 13.8 Å². The zero-order chi connectivity index (χ0) is 19.4. The van der Waals surface area contributed by atoms with E-state index in [0.29, 0.717) is 17.9 Å². The Morgan fingerprint density at radius 1 is 1.26 bits per heavy atom. The van der Waals surface area contributed by atoms with Crippen LogP contribution in [-0.4, -0.2) is 54.2 Å². The number of halogens is 1. The highest BCUT2D eigenvalue weighted by molar-refractivity contribution is 6.30. The van der Waals surface area contributed by atoms with Crippen LogP contribution in [0.25, 0.3) is 0 Å². The Bertz CT molecular complexity index is 778. The summed E-state index contributed by atoms with van der Waals surface area (Å²) >= 11 is 6.12. The number of ether oxygens (including phenoxy) is 1. The van der Waals surface area contributed by atoms with Gasteiger partial charge in [-0.25, -0.2) is 0 Å². The van der Waals surface area contributed by atoms with Gasteiger partial charge in [-0.3, -0.25) is 9.69 Å². The number of nitrogens with zero attached hydrogens (tertiary/aromatic N) is 3. The molecule has 0 spiro atoms. The number of carbonyl (C=O) groups is 1. The van der Waals surface area contributed by atoms with Gasteiger partial charge in [-0.2, -0.15) is 0 Å². The predicted molar refractivity (Wildman–Crippen MR) is 104 cm³/mol. The Balaban J connectivity index is 1.50. The van der Waals surface area contributed by atoms with E-state index in [1.165, 1.54) is 0 Å². The first-order chi connectivity index (χ1) is 13.0. The normalized spacial score (nSPS) is 15.2. The third kappa shape index (κ3) is 4.82. The van der Waals surface area contributed by atoms with Crippen molar-refractivity contribution in [2.75, 3.05) is 33.3 Å². The molecule has 0 radical (unpaired) electrons. The van der Waals surface area contributed by atoms with Crippen LogP contribution >= 0.6 is 11.6 Å². The fourth-order valence-electron chi connectivity index (χ4n) is 3.52. The molecular formula is C20H26ClN3O3. The average molecular weight is 392 g/mol. The molecule has 1 fully saturated rings. The second-order valence-electron chi connectivity index (χ2n) is 6.92. The van der Waals surface area contributed by atoms with Crippen molar-refractivity contribution in [2.45, 2.75) is 33.2 Å². The van der Waals surface area contributed by atoms with Crippen LogP contribution < -0.4 is 4.74 Å². The molecule has 1 amide bonds. The molecule has 1 aromatic carbocycles. The zero-order valence-electron chi connectivity index (χ0n) is 16.1. The van der Waals surface area contributed by atoms with Crippen LogP contribution in [0.2, 0.25) is 5.02 Å². The number of hydrogen-bond donors (Lipinski definition) is 0. The van der Waals surface area contributed by atoms with Crippen molar-refractivity contribution < 1.29 is 14.1 Å². The standard InChI is InChI=1S/C20H26ClN3O3/c1-14-18(15(2)27-22-14)5-7-20(25)24-10-8-23(9-11-24)13-16-12-17(21)4-6-19(16)26-3/h4,6,12H,5,7-11,13H2,1-3H3. The lowest BCUT2D eigenvalue weighted by molar-refractivity contribution is -0.133. The third-order valence-corrected chi connectivity index (χ3v) is 5.37. The van der Waals surface area contributed by atoms with E-state index >= 15 is 0 Å². The highest BCUT2D eigenvalue weighted by Crippen LogP contribution is 2.24. The van der Waals surface area contributed by atoms with Crippen LogP contribution in [0.3, 0.4) is 0 Å². The van der Waals surface area contributed by atoms with Crippen molar-refractivity contribution in [3.63, 3.8) is 0 Å². The van der Waals surface area contributed by atoms with Gasteiger partial charge < -0.3 is 14.2 Å². The second-order valence-corrected chi connectivity index (χ2v) is 7.35. The lowest BCUT2D eigenvalue weighted by atomic mass is 10.1. The van der Waals surface area contributed by atoms with Gasteiger partial charge in [-0.1, -0.05) is 16.8 Å². The molecule has 2 heterocycles. The first-order valence-corrected chi connectivity index (χ1v) is 9.60. The summed E-state index contributed by atoms with van der Waals surface area (Å²) in [6.45, 7) is 7.73. The Morgan fingerprint density at radius 3 is 2.63 bits per heavy atom. The minimum Gasteiger partial charge on any atom is -0.496 e. The summed E-state index contributed by atoms with van der Waals surface area (Å²) in [4.78, 5) is 16.8. The molecule has 1 aromatic heterocycles. The number of methoxy groups -OCH3 is 1. The highest BCUT2D eigenvalue weighted by atomic mass is 35.5. The van der Waals surface area contributed by atoms with E-state index in [4.69, 9.17) is 20.9 Å². The number of aryl methyl sites for hydroxylation is 2. The molecular weight excluding hydrogens is 366 g/mol. The van der Waals surface area contributed by atoms with Crippen LogP contribution in [0.4, 0.5) is 0 Å². The topological polar surface area (TPSA) is 58.8 Å². The van der Waals surface area contributed by atoms with Crippen molar-refractivity contribution in [3.05, 3.63) is 45.8 Å². The van der Waals surface area contributed by atoms with Crippen molar-refractivity contribution in [3.8, 4) is 5.75 Å². The summed E-state index contributed by atoms with van der Waals surface area (Å²) in [5.41, 5.74) is 3.00. The van der Waals surface area contributed by atoms with Gasteiger partial charge in [0.2, 0.25) is 5.91 Å². The van der Waals surface area contributed by atoms with E-state index in [0.717, 1.165) is 61.1 Å². The largest absolute Gasteiger partial charge is 0.496 e. The van der Waals surface area contributed by atoms with Crippen molar-refractivity contribution in [1.29, 1.82) is 0 Å². The Hall–Kier alpha value is -2.05. The fraction of sp³-hybridized carbons (Fsp3) is 0.500. The molecule has 3 rings (SSSR count). The lowest BCUT2D eigenvalue weighted by Crippen LogP contribution is -2.48. The molecule has 0 saturated carbocycles. The van der Waals surface area contributed by atoms with E-state index in [9.17, 15) is 4.79 Å². The molecule has 0 N–H and O–H groups in total. The van der Waals surface area contributed by atoms with Gasteiger partial charge in [0.05, 0.1) is 12.8 Å². The van der Waals surface area contributed by atoms with E-state index in [1.807, 2.05) is 36.9 Å². The molecule has 27 heavy (non-hydrogen) atoms. The SMILES string of the molecule is COc1ccc(Cl)cc1CN1CCN(C(=O)CCc2c(C)noc2C)CC1. The van der Waals surface area contributed by atoms with Crippen LogP contribution in [0.5, 0.6) is 5.75 Å². The van der Waals surface area contributed by atoms with E-state index in [1.54, 1.807) is 7.11 Å². The van der Waals surface area contributed by atoms with E-state index < -0.39 is 0 Å². The summed E-state index contributed by atoms with van der Waals surface area (Å²) < 4.78 is 10.6. The smallest absolute Gasteiger partial charge is 0.222 e. The first kappa shape index (κ1) is 19.7. The molecule has 146 valence electrons. The first-order valence-electron chi connectivity index (χ1n) is 9.22. The third-order valence-electron chi connectivity index (χ3n) is 5.13. The Morgan fingerprint density at radius 2 is 2.00 bits per heavy atom. The molecule has 0 unspecified atom stereocenters. The second kappa shape index (κ2) is 8.76. The maximum absolute atomic E-state index is 12.5. The number of rotatable bonds is 6. The summed E-state index contributed by atoms with van der Waals surface area (Å²) in [5.74, 6) is 1.84. The molecule has 7 heteroatoms. The van der Waals surface area contributed by atoms with Gasteiger partial charge in [-0.05, 0) is 38.5 Å². The molecule has 2 aromatic rings. The molecule has 0 aliphatic carbocycles. The Kier molecular flexibility index (Phi) is 6.39.